The van der Waals surface area contributed by atoms with E-state index >= 15 is 0 Å². The highest BCUT2D eigenvalue weighted by molar-refractivity contribution is 5.94. The Morgan fingerprint density at radius 1 is 1.38 bits per heavy atom. The van der Waals surface area contributed by atoms with E-state index in [0.29, 0.717) is 18.9 Å². The van der Waals surface area contributed by atoms with E-state index in [1.54, 1.807) is 16.7 Å². The maximum absolute atomic E-state index is 12.5. The SMILES string of the molecule is COc1ccc(-c2c(C)nn(C)c2NC(=O)N2CCC(N)C2)cc1. The van der Waals surface area contributed by atoms with Gasteiger partial charge in [0.15, 0.2) is 0 Å². The summed E-state index contributed by atoms with van der Waals surface area (Å²) in [5, 5.41) is 7.44. The molecule has 7 heteroatoms. The fourth-order valence-corrected chi connectivity index (χ4v) is 3.06. The number of carbonyl (C=O) groups excluding carboxylic acids is 1. The Kier molecular flexibility index (Phi) is 4.44. The highest BCUT2D eigenvalue weighted by Crippen LogP contribution is 2.32. The lowest BCUT2D eigenvalue weighted by Gasteiger charge is -2.17. The van der Waals surface area contributed by atoms with Crippen molar-refractivity contribution in [3.63, 3.8) is 0 Å². The Labute approximate surface area is 141 Å². The third-order valence-corrected chi connectivity index (χ3v) is 4.34. The van der Waals surface area contributed by atoms with E-state index < -0.39 is 0 Å². The summed E-state index contributed by atoms with van der Waals surface area (Å²) in [6, 6.07) is 7.64. The molecule has 0 spiro atoms. The lowest BCUT2D eigenvalue weighted by atomic mass is 10.1. The zero-order valence-corrected chi connectivity index (χ0v) is 14.2. The Morgan fingerprint density at radius 3 is 2.67 bits per heavy atom. The van der Waals surface area contributed by atoms with Gasteiger partial charge in [-0.25, -0.2) is 4.79 Å². The number of hydrogen-bond donors (Lipinski definition) is 2. The van der Waals surface area contributed by atoms with E-state index in [2.05, 4.69) is 10.4 Å². The van der Waals surface area contributed by atoms with Crippen molar-refractivity contribution in [2.45, 2.75) is 19.4 Å². The third-order valence-electron chi connectivity index (χ3n) is 4.34. The number of benzene rings is 1. The van der Waals surface area contributed by atoms with Crippen LogP contribution in [0.2, 0.25) is 0 Å². The van der Waals surface area contributed by atoms with E-state index in [1.165, 1.54) is 0 Å². The molecule has 2 amide bonds. The number of likely N-dealkylation sites (tertiary alicyclic amines) is 1. The lowest BCUT2D eigenvalue weighted by Crippen LogP contribution is -2.35. The lowest BCUT2D eigenvalue weighted by molar-refractivity contribution is 0.222. The Hall–Kier alpha value is -2.54. The third kappa shape index (κ3) is 3.07. The number of nitrogens with zero attached hydrogens (tertiary/aromatic N) is 3. The van der Waals surface area contributed by atoms with Crippen LogP contribution >= 0.6 is 0 Å². The molecular formula is C17H23N5O2. The molecule has 0 aliphatic carbocycles. The van der Waals surface area contributed by atoms with Crippen molar-refractivity contribution in [1.82, 2.24) is 14.7 Å². The summed E-state index contributed by atoms with van der Waals surface area (Å²) >= 11 is 0. The second-order valence-electron chi connectivity index (χ2n) is 6.09. The van der Waals surface area contributed by atoms with Crippen molar-refractivity contribution in [2.24, 2.45) is 12.8 Å². The maximum Gasteiger partial charge on any atom is 0.323 e. The van der Waals surface area contributed by atoms with E-state index in [1.807, 2.05) is 38.2 Å². The average molecular weight is 329 g/mol. The monoisotopic (exact) mass is 329 g/mol. The van der Waals surface area contributed by atoms with Crippen LogP contribution < -0.4 is 15.8 Å². The van der Waals surface area contributed by atoms with Gasteiger partial charge in [-0.15, -0.1) is 0 Å². The van der Waals surface area contributed by atoms with Gasteiger partial charge in [0.2, 0.25) is 0 Å². The number of hydrogen-bond acceptors (Lipinski definition) is 4. The number of methoxy groups -OCH3 is 1. The number of ether oxygens (including phenoxy) is 1. The van der Waals surface area contributed by atoms with Gasteiger partial charge in [0.25, 0.3) is 0 Å². The minimum atomic E-state index is -0.138. The van der Waals surface area contributed by atoms with E-state index in [-0.39, 0.29) is 12.1 Å². The molecule has 0 radical (unpaired) electrons. The van der Waals surface area contributed by atoms with Crippen LogP contribution in [0.4, 0.5) is 10.6 Å². The summed E-state index contributed by atoms with van der Waals surface area (Å²) in [5.74, 6) is 1.47. The van der Waals surface area contributed by atoms with Crippen molar-refractivity contribution in [2.75, 3.05) is 25.5 Å². The summed E-state index contributed by atoms with van der Waals surface area (Å²) in [7, 11) is 3.46. The number of urea groups is 1. The van der Waals surface area contributed by atoms with Crippen LogP contribution in [-0.2, 0) is 7.05 Å². The van der Waals surface area contributed by atoms with Gasteiger partial charge in [-0.3, -0.25) is 10.00 Å². The fraction of sp³-hybridized carbons (Fsp3) is 0.412. The summed E-state index contributed by atoms with van der Waals surface area (Å²) in [6.07, 6.45) is 0.836. The van der Waals surface area contributed by atoms with Crippen LogP contribution in [0.1, 0.15) is 12.1 Å². The second-order valence-corrected chi connectivity index (χ2v) is 6.09. The van der Waals surface area contributed by atoms with Crippen LogP contribution in [0.3, 0.4) is 0 Å². The van der Waals surface area contributed by atoms with Gasteiger partial charge >= 0.3 is 6.03 Å². The smallest absolute Gasteiger partial charge is 0.323 e. The first kappa shape index (κ1) is 16.3. The van der Waals surface area contributed by atoms with E-state index in [9.17, 15) is 4.79 Å². The van der Waals surface area contributed by atoms with E-state index in [0.717, 1.165) is 29.0 Å². The molecule has 2 aromatic rings. The fourth-order valence-electron chi connectivity index (χ4n) is 3.06. The number of rotatable bonds is 3. The molecule has 1 atom stereocenters. The van der Waals surface area contributed by atoms with Gasteiger partial charge < -0.3 is 15.4 Å². The number of nitrogens with two attached hydrogens (primary N) is 1. The van der Waals surface area contributed by atoms with Gasteiger partial charge in [0, 0.05) is 31.7 Å². The normalized spacial score (nSPS) is 17.2. The van der Waals surface area contributed by atoms with Gasteiger partial charge in [0.05, 0.1) is 12.8 Å². The molecule has 0 saturated carbocycles. The molecule has 3 N–H and O–H groups in total. The van der Waals surface area contributed by atoms with Gasteiger partial charge in [-0.1, -0.05) is 12.1 Å². The molecule has 128 valence electrons. The van der Waals surface area contributed by atoms with Gasteiger partial charge in [0.1, 0.15) is 11.6 Å². The molecule has 1 aliphatic heterocycles. The van der Waals surface area contributed by atoms with Crippen molar-refractivity contribution in [1.29, 1.82) is 0 Å². The van der Waals surface area contributed by atoms with Crippen LogP contribution in [0.5, 0.6) is 5.75 Å². The van der Waals surface area contributed by atoms with Gasteiger partial charge in [-0.05, 0) is 31.0 Å². The standard InChI is InChI=1S/C17H23N5O2/c1-11-15(12-4-6-14(24-3)7-5-12)16(21(2)20-11)19-17(23)22-9-8-13(18)10-22/h4-7,13H,8-10,18H2,1-3H3,(H,19,23). The number of aryl methyl sites for hydroxylation is 2. The first-order valence-corrected chi connectivity index (χ1v) is 7.99. The molecule has 1 unspecified atom stereocenters. The zero-order chi connectivity index (χ0) is 17.3. The highest BCUT2D eigenvalue weighted by Gasteiger charge is 2.25. The van der Waals surface area contributed by atoms with Crippen LogP contribution in [0, 0.1) is 6.92 Å². The van der Waals surface area contributed by atoms with Crippen LogP contribution in [0.25, 0.3) is 11.1 Å². The van der Waals surface area contributed by atoms with Crippen LogP contribution in [-0.4, -0.2) is 47.0 Å². The quantitative estimate of drug-likeness (QED) is 0.901. The van der Waals surface area contributed by atoms with Gasteiger partial charge in [-0.2, -0.15) is 5.10 Å². The zero-order valence-electron chi connectivity index (χ0n) is 14.2. The van der Waals surface area contributed by atoms with Crippen molar-refractivity contribution in [3.8, 4) is 16.9 Å². The molecule has 7 nitrogen and oxygen atoms in total. The molecule has 1 aromatic heterocycles. The van der Waals surface area contributed by atoms with Crippen molar-refractivity contribution in [3.05, 3.63) is 30.0 Å². The molecule has 24 heavy (non-hydrogen) atoms. The molecule has 1 saturated heterocycles. The number of anilines is 1. The predicted molar refractivity (Wildman–Crippen MR) is 93.1 cm³/mol. The summed E-state index contributed by atoms with van der Waals surface area (Å²) in [6.45, 7) is 3.20. The minimum absolute atomic E-state index is 0.0603. The molecule has 3 rings (SSSR count). The molecule has 0 bridgehead atoms. The van der Waals surface area contributed by atoms with Crippen molar-refractivity contribution >= 4 is 11.8 Å². The average Bonchev–Trinajstić information content (AvgIpc) is 3.11. The first-order valence-electron chi connectivity index (χ1n) is 7.99. The Morgan fingerprint density at radius 2 is 2.08 bits per heavy atom. The Bertz CT molecular complexity index is 738. The predicted octanol–water partition coefficient (Wildman–Crippen LogP) is 1.97. The summed E-state index contributed by atoms with van der Waals surface area (Å²) < 4.78 is 6.90. The number of nitrogens with one attached hydrogen (secondary N) is 1. The first-order chi connectivity index (χ1) is 11.5. The molecule has 1 aliphatic rings. The summed E-state index contributed by atoms with van der Waals surface area (Å²) in [5.41, 5.74) is 8.64. The topological polar surface area (TPSA) is 85.4 Å². The molecule has 2 heterocycles. The Balaban J connectivity index is 1.89. The number of aromatic nitrogens is 2. The second kappa shape index (κ2) is 6.52. The molecule has 1 fully saturated rings. The van der Waals surface area contributed by atoms with Crippen molar-refractivity contribution < 1.29 is 9.53 Å². The number of carbonyl (C=O) groups is 1. The summed E-state index contributed by atoms with van der Waals surface area (Å²) in [4.78, 5) is 14.2. The molecule has 1 aromatic carbocycles. The van der Waals surface area contributed by atoms with Crippen LogP contribution in [0.15, 0.2) is 24.3 Å². The minimum Gasteiger partial charge on any atom is -0.497 e. The highest BCUT2D eigenvalue weighted by atomic mass is 16.5. The van der Waals surface area contributed by atoms with E-state index in [4.69, 9.17) is 10.5 Å². The number of amides is 2. The maximum atomic E-state index is 12.5. The largest absolute Gasteiger partial charge is 0.497 e. The molecular weight excluding hydrogens is 306 g/mol.